The summed E-state index contributed by atoms with van der Waals surface area (Å²) in [4.78, 5) is 11.5. The first kappa shape index (κ1) is 16.9. The molecule has 0 spiro atoms. The van der Waals surface area contributed by atoms with E-state index in [0.717, 1.165) is 0 Å². The van der Waals surface area contributed by atoms with Crippen LogP contribution in [0.25, 0.3) is 0 Å². The molecule has 1 N–H and O–H groups in total. The molecule has 0 radical (unpaired) electrons. The Morgan fingerprint density at radius 2 is 2.09 bits per heavy atom. The molecule has 5 nitrogen and oxygen atoms in total. The second kappa shape index (κ2) is 6.37. The van der Waals surface area contributed by atoms with Gasteiger partial charge >= 0.3 is 5.51 Å². The minimum Gasteiger partial charge on any atom is -0.325 e. The molecule has 1 amide bonds. The molecular weight excluding hydrogens is 341 g/mol. The lowest BCUT2D eigenvalue weighted by Gasteiger charge is -2.17. The van der Waals surface area contributed by atoms with E-state index in [1.165, 1.54) is 22.5 Å². The lowest BCUT2D eigenvalue weighted by atomic mass is 10.2. The van der Waals surface area contributed by atoms with Gasteiger partial charge in [0.15, 0.2) is 0 Å². The van der Waals surface area contributed by atoms with Crippen molar-refractivity contribution in [1.29, 1.82) is 0 Å². The molecule has 1 saturated heterocycles. The molecule has 0 atom stereocenters. The van der Waals surface area contributed by atoms with Crippen LogP contribution in [-0.2, 0) is 14.8 Å². The van der Waals surface area contributed by atoms with Crippen molar-refractivity contribution in [2.24, 2.45) is 0 Å². The number of nitrogens with zero attached hydrogens (tertiary/aromatic N) is 1. The van der Waals surface area contributed by atoms with Crippen LogP contribution < -0.4 is 9.62 Å². The third-order valence-corrected chi connectivity index (χ3v) is 5.49. The Morgan fingerprint density at radius 3 is 2.68 bits per heavy atom. The SMILES string of the molecule is O=C(CSC(F)(F)F)Nc1cccc(N2CCCS2(=O)=O)c1. The van der Waals surface area contributed by atoms with Crippen LogP contribution in [0.1, 0.15) is 6.42 Å². The minimum atomic E-state index is -4.47. The fraction of sp³-hybridized carbons (Fsp3) is 0.417. The molecule has 0 aromatic heterocycles. The Kier molecular flexibility index (Phi) is 4.90. The number of hydrogen-bond acceptors (Lipinski definition) is 4. The fourth-order valence-electron chi connectivity index (χ4n) is 2.01. The van der Waals surface area contributed by atoms with Crippen molar-refractivity contribution >= 4 is 39.1 Å². The highest BCUT2D eigenvalue weighted by atomic mass is 32.2. The molecule has 0 bridgehead atoms. The van der Waals surface area contributed by atoms with E-state index in [-0.39, 0.29) is 11.4 Å². The second-order valence-corrected chi connectivity index (χ2v) is 7.63. The fourth-order valence-corrected chi connectivity index (χ4v) is 3.94. The molecule has 0 aliphatic carbocycles. The summed E-state index contributed by atoms with van der Waals surface area (Å²) in [6.45, 7) is 0.351. The summed E-state index contributed by atoms with van der Waals surface area (Å²) in [6, 6.07) is 6.03. The highest BCUT2D eigenvalue weighted by molar-refractivity contribution is 8.00. The third kappa shape index (κ3) is 4.54. The van der Waals surface area contributed by atoms with Crippen molar-refractivity contribution < 1.29 is 26.4 Å². The van der Waals surface area contributed by atoms with Gasteiger partial charge in [-0.25, -0.2) is 8.42 Å². The van der Waals surface area contributed by atoms with Gasteiger partial charge in [-0.3, -0.25) is 9.10 Å². The first-order chi connectivity index (χ1) is 10.2. The van der Waals surface area contributed by atoms with Crippen LogP contribution in [0.15, 0.2) is 24.3 Å². The van der Waals surface area contributed by atoms with Crippen LogP contribution in [0.2, 0.25) is 0 Å². The molecule has 1 fully saturated rings. The van der Waals surface area contributed by atoms with Gasteiger partial charge in [-0.1, -0.05) is 6.07 Å². The van der Waals surface area contributed by atoms with Crippen LogP contribution in [0, 0.1) is 0 Å². The summed E-state index contributed by atoms with van der Waals surface area (Å²) in [5, 5.41) is 2.32. The van der Waals surface area contributed by atoms with Crippen molar-refractivity contribution in [2.45, 2.75) is 11.9 Å². The summed E-state index contributed by atoms with van der Waals surface area (Å²) in [7, 11) is -3.35. The number of thioether (sulfide) groups is 1. The number of alkyl halides is 3. The molecule has 1 aliphatic heterocycles. The van der Waals surface area contributed by atoms with E-state index in [9.17, 15) is 26.4 Å². The van der Waals surface area contributed by atoms with Gasteiger partial charge in [0.05, 0.1) is 17.2 Å². The Labute approximate surface area is 129 Å². The standard InChI is InChI=1S/C12H13F3N2O3S2/c13-12(14,15)21-8-11(18)16-9-3-1-4-10(7-9)17-5-2-6-22(17,19)20/h1,3-4,7H,2,5-6,8H2,(H,16,18). The van der Waals surface area contributed by atoms with Crippen LogP contribution in [-0.4, -0.2) is 37.9 Å². The zero-order chi connectivity index (χ0) is 16.4. The number of anilines is 2. The van der Waals surface area contributed by atoms with Crippen molar-refractivity contribution in [1.82, 2.24) is 0 Å². The predicted octanol–water partition coefficient (Wildman–Crippen LogP) is 2.42. The molecule has 0 unspecified atom stereocenters. The van der Waals surface area contributed by atoms with Crippen LogP contribution in [0.5, 0.6) is 0 Å². The molecule has 22 heavy (non-hydrogen) atoms. The highest BCUT2D eigenvalue weighted by Crippen LogP contribution is 2.30. The molecule has 2 rings (SSSR count). The Bertz CT molecular complexity index is 662. The van der Waals surface area contributed by atoms with Gasteiger partial charge in [-0.2, -0.15) is 13.2 Å². The predicted molar refractivity (Wildman–Crippen MR) is 79.3 cm³/mol. The zero-order valence-corrected chi connectivity index (χ0v) is 12.9. The maximum absolute atomic E-state index is 12.0. The summed E-state index contributed by atoms with van der Waals surface area (Å²) in [5.74, 6) is -1.49. The van der Waals surface area contributed by atoms with Gasteiger partial charge < -0.3 is 5.32 Å². The lowest BCUT2D eigenvalue weighted by Crippen LogP contribution is -2.25. The normalized spacial score (nSPS) is 17.5. The van der Waals surface area contributed by atoms with Crippen LogP contribution in [0.4, 0.5) is 24.5 Å². The molecule has 1 heterocycles. The zero-order valence-electron chi connectivity index (χ0n) is 11.3. The van der Waals surface area contributed by atoms with E-state index in [1.807, 2.05) is 0 Å². The van der Waals surface area contributed by atoms with Gasteiger partial charge in [0.2, 0.25) is 15.9 Å². The molecule has 1 aliphatic rings. The Hall–Kier alpha value is -1.42. The monoisotopic (exact) mass is 354 g/mol. The smallest absolute Gasteiger partial charge is 0.325 e. The van der Waals surface area contributed by atoms with Gasteiger partial charge in [0, 0.05) is 12.2 Å². The molecule has 122 valence electrons. The van der Waals surface area contributed by atoms with Crippen LogP contribution in [0.3, 0.4) is 0 Å². The maximum atomic E-state index is 12.0. The first-order valence-corrected chi connectivity index (χ1v) is 8.88. The molecule has 10 heteroatoms. The third-order valence-electron chi connectivity index (χ3n) is 2.88. The Balaban J connectivity index is 2.05. The van der Waals surface area contributed by atoms with E-state index in [1.54, 1.807) is 6.07 Å². The number of amides is 1. The number of sulfonamides is 1. The molecule has 0 saturated carbocycles. The van der Waals surface area contributed by atoms with Crippen molar-refractivity contribution in [3.63, 3.8) is 0 Å². The van der Waals surface area contributed by atoms with Crippen LogP contribution >= 0.6 is 11.8 Å². The van der Waals surface area contributed by atoms with Gasteiger partial charge in [-0.15, -0.1) is 0 Å². The van der Waals surface area contributed by atoms with Crippen molar-refractivity contribution in [3.05, 3.63) is 24.3 Å². The number of carbonyl (C=O) groups is 1. The van der Waals surface area contributed by atoms with Gasteiger partial charge in [0.25, 0.3) is 0 Å². The average molecular weight is 354 g/mol. The highest BCUT2D eigenvalue weighted by Gasteiger charge is 2.30. The number of benzene rings is 1. The summed E-state index contributed by atoms with van der Waals surface area (Å²) < 4.78 is 60.9. The van der Waals surface area contributed by atoms with E-state index in [0.29, 0.717) is 18.7 Å². The first-order valence-electron chi connectivity index (χ1n) is 6.28. The molecule has 1 aromatic rings. The number of rotatable bonds is 4. The lowest BCUT2D eigenvalue weighted by molar-refractivity contribution is -0.114. The Morgan fingerprint density at radius 1 is 1.36 bits per heavy atom. The second-order valence-electron chi connectivity index (χ2n) is 4.57. The number of nitrogens with one attached hydrogen (secondary N) is 1. The minimum absolute atomic E-state index is 0.0613. The van der Waals surface area contributed by atoms with E-state index in [4.69, 9.17) is 0 Å². The van der Waals surface area contributed by atoms with Gasteiger partial charge in [-0.05, 0) is 36.4 Å². The number of carbonyl (C=O) groups excluding carboxylic acids is 1. The largest absolute Gasteiger partial charge is 0.442 e. The topological polar surface area (TPSA) is 66.5 Å². The number of hydrogen-bond donors (Lipinski definition) is 1. The summed E-state index contributed by atoms with van der Waals surface area (Å²) in [6.07, 6.45) is 0.515. The molecule has 1 aromatic carbocycles. The van der Waals surface area contributed by atoms with E-state index >= 15 is 0 Å². The summed E-state index contributed by atoms with van der Waals surface area (Å²) >= 11 is -0.428. The number of halogens is 3. The summed E-state index contributed by atoms with van der Waals surface area (Å²) in [5.41, 5.74) is -3.82. The quantitative estimate of drug-likeness (QED) is 0.902. The van der Waals surface area contributed by atoms with E-state index in [2.05, 4.69) is 5.32 Å². The van der Waals surface area contributed by atoms with Crippen molar-refractivity contribution in [2.75, 3.05) is 27.7 Å². The molecular formula is C12H13F3N2O3S2. The average Bonchev–Trinajstić information content (AvgIpc) is 2.76. The van der Waals surface area contributed by atoms with Crippen molar-refractivity contribution in [3.8, 4) is 0 Å². The van der Waals surface area contributed by atoms with E-state index < -0.39 is 39.0 Å². The maximum Gasteiger partial charge on any atom is 0.442 e. The van der Waals surface area contributed by atoms with Gasteiger partial charge in [0.1, 0.15) is 0 Å².